The molecule has 19 rings (SSSR count). The smallest absolute Gasteiger partial charge is 0.601 e. The van der Waals surface area contributed by atoms with Gasteiger partial charge in [0.05, 0.1) is 49.2 Å². The molecule has 0 spiro atoms. The largest absolute Gasteiger partial charge is 2.00 e. The van der Waals surface area contributed by atoms with E-state index in [4.69, 9.17) is 39.5 Å². The molecule has 0 saturated carbocycles. The van der Waals surface area contributed by atoms with Crippen LogP contribution in [0.3, 0.4) is 0 Å². The molecule has 7 aromatic heterocycles. The van der Waals surface area contributed by atoms with Crippen LogP contribution in [0.5, 0.6) is 46.0 Å². The maximum absolute atomic E-state index is 6.02. The Morgan fingerprint density at radius 1 is 0.377 bits per heavy atom. The fourth-order valence-electron chi connectivity index (χ4n) is 12.2. The standard InChI is InChI=1S/C26H19N3O2.C24H15N3O2.C24H15N3OS.C24H15N3O.4Pt.U/c1-18-25(20-8-4-3-5-9-20)19(2)29(28-18)22-11-7-13-24(17-22)31-23-12-6-10-21(16-23)26-27-14-15-30-26;1-2-6-18(7-3-1)20-16-26-27(17-20)21-9-5-11-23(15-21)29-22-10-4-8-19(14-22)24-25-12-13-28-24;1-2-6-18(7-3-1)20-16-26-27(17-20)21-9-5-11-23(15-21)28-22-10-4-8-19(14-22)24-25-12-13-29-24;1-2-25-16-19-8-6-12-23(14-19)28-24-13-7-11-22(15-24)27-18-21(17-26-27)20-9-4-3-5-10-20;;;;;/h3-15H,1-2H3;2*1-13,16-17H;1-13,17-18H;;;;;/q3*-2;-4;5*+2. The van der Waals surface area contributed by atoms with E-state index in [1.165, 1.54) is 18.7 Å². The van der Waals surface area contributed by atoms with E-state index in [0.717, 1.165) is 100 Å². The number of benzene rings is 12. The van der Waals surface area contributed by atoms with Gasteiger partial charge in [-0.3, -0.25) is 39.2 Å². The van der Waals surface area contributed by atoms with Gasteiger partial charge in [0, 0.05) is 109 Å². The molecular formula is C98H64N12O6Pt4SU. The van der Waals surface area contributed by atoms with E-state index in [2.05, 4.69) is 145 Å². The second-order valence-corrected chi connectivity index (χ2v) is 26.5. The van der Waals surface area contributed by atoms with Crippen LogP contribution in [-0.4, -0.2) is 60.3 Å². The van der Waals surface area contributed by atoms with Crippen LogP contribution in [0.1, 0.15) is 17.0 Å². The Kier molecular flexibility index (Phi) is 33.5. The molecular weight excluding hydrogens is 2490 g/mol. The van der Waals surface area contributed by atoms with Gasteiger partial charge in [0.2, 0.25) is 0 Å². The van der Waals surface area contributed by atoms with Gasteiger partial charge in [-0.2, -0.15) is 62.2 Å². The molecule has 24 heteroatoms. The molecule has 0 N–H and O–H groups in total. The molecule has 0 aliphatic carbocycles. The van der Waals surface area contributed by atoms with Crippen LogP contribution >= 0.6 is 11.3 Å². The first kappa shape index (κ1) is 90.7. The van der Waals surface area contributed by atoms with E-state index in [0.29, 0.717) is 63.3 Å². The Labute approximate surface area is 791 Å². The predicted molar refractivity (Wildman–Crippen MR) is 450 cm³/mol. The first-order valence-electron chi connectivity index (χ1n) is 36.7. The summed E-state index contributed by atoms with van der Waals surface area (Å²) in [5.74, 6) is 5.58. The van der Waals surface area contributed by atoms with E-state index in [-0.39, 0.29) is 115 Å². The molecule has 0 saturated heterocycles. The summed E-state index contributed by atoms with van der Waals surface area (Å²) in [6.45, 7) is 9.33. The fraction of sp³-hybridized carbons (Fsp3) is 0.0204. The number of ether oxygens (including phenoxy) is 4. The van der Waals surface area contributed by atoms with Crippen molar-refractivity contribution in [3.05, 3.63) is 419 Å². The molecule has 0 aliphatic rings. The molecule has 602 valence electrons. The third kappa shape index (κ3) is 23.8. The number of hydrogen-bond acceptors (Lipinski definition) is 15. The van der Waals surface area contributed by atoms with Crippen molar-refractivity contribution in [2.24, 2.45) is 4.99 Å². The second-order valence-electron chi connectivity index (χ2n) is 25.6. The Morgan fingerprint density at radius 3 is 1.11 bits per heavy atom. The van der Waals surface area contributed by atoms with Crippen molar-refractivity contribution < 1.29 is 143 Å². The molecule has 0 bridgehead atoms. The summed E-state index contributed by atoms with van der Waals surface area (Å²) in [5, 5.41) is 21.0. The van der Waals surface area contributed by atoms with Crippen molar-refractivity contribution >= 4 is 17.6 Å². The molecule has 18 nitrogen and oxygen atoms in total. The maximum atomic E-state index is 6.02. The van der Waals surface area contributed by atoms with Gasteiger partial charge in [0.15, 0.2) is 0 Å². The Balaban J connectivity index is 0.000000157. The zero-order valence-corrected chi connectivity index (χ0v) is 78.5. The van der Waals surface area contributed by atoms with Crippen molar-refractivity contribution in [1.29, 1.82) is 0 Å². The van der Waals surface area contributed by atoms with Gasteiger partial charge in [-0.15, -0.1) is 139 Å². The van der Waals surface area contributed by atoms with Crippen LogP contribution in [0.2, 0.25) is 0 Å². The van der Waals surface area contributed by atoms with Gasteiger partial charge in [-0.25, -0.2) is 12.1 Å². The average molecular weight is 2560 g/mol. The Bertz CT molecular complexity index is 6300. The number of aromatic nitrogens is 11. The average Bonchev–Trinajstić information content (AvgIpc) is 1.64. The van der Waals surface area contributed by atoms with E-state index in [9.17, 15) is 0 Å². The fourth-order valence-corrected chi connectivity index (χ4v) is 12.8. The van der Waals surface area contributed by atoms with Crippen molar-refractivity contribution in [2.45, 2.75) is 13.8 Å². The summed E-state index contributed by atoms with van der Waals surface area (Å²) in [7, 11) is 0. The van der Waals surface area contributed by atoms with Crippen LogP contribution in [0, 0.1) is 100 Å². The third-order valence-corrected chi connectivity index (χ3v) is 18.4. The summed E-state index contributed by atoms with van der Waals surface area (Å²) < 4.78 is 41.8. The SMILES string of the molecule is Cc1nn(-c2[c-]c(Oc3[c-]c(-c4ncco4)ccc3)ccc2)c(C)c1-c1ccccc1.[CH-]=CN=[C-]c1[c-]c(Oc2[c-]c(-n3cc(-c4ccccc4)cn3)ccc2)ccc1.[Pt+2].[Pt+2].[Pt+2].[Pt+2].[U+2].[c-]1c(Oc2[c-]c(-n3cc(-c4ccccc4)cn3)ccc2)cccc1-c1ncco1.[c-]1c(Oc2[c-]c(-n3cc(-c4ccccc4)cn3)ccc2)cccc1-c1nccs1. The monoisotopic (exact) mass is 2550 g/mol. The van der Waals surface area contributed by atoms with Gasteiger partial charge in [0.1, 0.15) is 11.8 Å². The van der Waals surface area contributed by atoms with Crippen LogP contribution in [0.15, 0.2) is 361 Å². The minimum absolute atomic E-state index is 0. The Morgan fingerprint density at radius 2 is 0.730 bits per heavy atom. The zero-order valence-electron chi connectivity index (χ0n) is 64.5. The topological polar surface area (TPSA) is 186 Å². The summed E-state index contributed by atoms with van der Waals surface area (Å²) in [6, 6.07) is 112. The van der Waals surface area contributed by atoms with Crippen LogP contribution in [-0.2, 0) is 84.3 Å². The maximum Gasteiger partial charge on any atom is 2.00 e. The molecule has 0 fully saturated rings. The first-order valence-corrected chi connectivity index (χ1v) is 37.6. The second kappa shape index (κ2) is 45.0. The number of aryl methyl sites for hydroxylation is 1. The van der Waals surface area contributed by atoms with Gasteiger partial charge in [-0.1, -0.05) is 157 Å². The molecule has 7 heterocycles. The van der Waals surface area contributed by atoms with Crippen LogP contribution in [0.4, 0.5) is 0 Å². The molecule has 12 aromatic carbocycles. The van der Waals surface area contributed by atoms with Crippen molar-refractivity contribution in [3.63, 3.8) is 0 Å². The molecule has 0 aliphatic heterocycles. The minimum atomic E-state index is 0. The van der Waals surface area contributed by atoms with E-state index >= 15 is 0 Å². The predicted octanol–water partition coefficient (Wildman–Crippen LogP) is 23.0. The van der Waals surface area contributed by atoms with Gasteiger partial charge < -0.3 is 45.6 Å². The number of hydrogen-bond donors (Lipinski definition) is 0. The Hall–Kier alpha value is -12.1. The number of aliphatic imine (C=N–C) groups is 1. The van der Waals surface area contributed by atoms with Crippen molar-refractivity contribution in [1.82, 2.24) is 54.1 Å². The van der Waals surface area contributed by atoms with E-state index < -0.39 is 0 Å². The van der Waals surface area contributed by atoms with Crippen LogP contribution < -0.4 is 18.9 Å². The van der Waals surface area contributed by atoms with E-state index in [1.54, 1.807) is 50.0 Å². The van der Waals surface area contributed by atoms with Crippen molar-refractivity contribution in [3.8, 4) is 147 Å². The molecule has 19 aromatic rings. The van der Waals surface area contributed by atoms with Crippen molar-refractivity contribution in [2.75, 3.05) is 0 Å². The molecule has 0 amide bonds. The van der Waals surface area contributed by atoms with Crippen LogP contribution in [0.25, 0.3) is 101 Å². The number of rotatable bonds is 21. The minimum Gasteiger partial charge on any atom is -0.601 e. The summed E-state index contributed by atoms with van der Waals surface area (Å²) in [6.07, 6.45) is 23.4. The third-order valence-electron chi connectivity index (χ3n) is 17.6. The number of oxazole rings is 2. The number of thiazole rings is 1. The summed E-state index contributed by atoms with van der Waals surface area (Å²) in [4.78, 5) is 16.4. The zero-order chi connectivity index (χ0) is 79.3. The number of nitrogens with zero attached hydrogens (tertiary/aromatic N) is 12. The van der Waals surface area contributed by atoms with Gasteiger partial charge in [-0.05, 0) is 58.9 Å². The molecule has 0 unspecified atom stereocenters. The molecule has 122 heavy (non-hydrogen) atoms. The summed E-state index contributed by atoms with van der Waals surface area (Å²) >= 11 is 1.57. The normalized spacial score (nSPS) is 10.4. The summed E-state index contributed by atoms with van der Waals surface area (Å²) in [5.41, 5.74) is 17.0. The van der Waals surface area contributed by atoms with Gasteiger partial charge in [0.25, 0.3) is 0 Å². The molecule has 0 atom stereocenters. The molecule has 0 radical (unpaired) electrons. The van der Waals surface area contributed by atoms with Gasteiger partial charge >= 0.3 is 115 Å². The first-order chi connectivity index (χ1) is 57.7. The van der Waals surface area contributed by atoms with E-state index in [1.807, 2.05) is 266 Å². The quantitative estimate of drug-likeness (QED) is 0.0489.